The Morgan fingerprint density at radius 2 is 0.591 bits per heavy atom. The van der Waals surface area contributed by atoms with Gasteiger partial charge >= 0.3 is 12.1 Å². The largest absolute Gasteiger partial charge is 0.715 e. The summed E-state index contributed by atoms with van der Waals surface area (Å²) in [7, 11) is 0. The summed E-state index contributed by atoms with van der Waals surface area (Å²) in [5, 5.41) is 0. The summed E-state index contributed by atoms with van der Waals surface area (Å²) in [6.45, 7) is 0. The Balaban J connectivity index is 1.22. The van der Waals surface area contributed by atoms with E-state index < -0.39 is 12.1 Å². The molecule has 11 rings (SSSR count). The number of hydrogen-bond acceptors (Lipinski definition) is 4. The normalized spacial score (nSPS) is 18.7. The Morgan fingerprint density at radius 1 is 0.341 bits per heavy atom. The predicted octanol–water partition coefficient (Wildman–Crippen LogP) is 5.56. The van der Waals surface area contributed by atoms with E-state index in [2.05, 4.69) is 79.6 Å². The van der Waals surface area contributed by atoms with E-state index in [9.17, 15) is 0 Å². The summed E-state index contributed by atoms with van der Waals surface area (Å²) >= 11 is 0. The van der Waals surface area contributed by atoms with Crippen LogP contribution in [-0.4, -0.2) is 55.2 Å². The maximum Gasteiger partial charge on any atom is 0.715 e. The van der Waals surface area contributed by atoms with Gasteiger partial charge in [-0.05, 0) is 66.8 Å². The van der Waals surface area contributed by atoms with Crippen LogP contribution in [0.4, 0.5) is 22.7 Å². The fourth-order valence-corrected chi connectivity index (χ4v) is 7.06. The van der Waals surface area contributed by atoms with Gasteiger partial charge in [-0.3, -0.25) is 0 Å². The van der Waals surface area contributed by atoms with Gasteiger partial charge in [0.2, 0.25) is 0 Å². The fourth-order valence-electron chi connectivity index (χ4n) is 7.06. The minimum absolute atomic E-state index is 0.754. The minimum Gasteiger partial charge on any atom is -0.340 e. The maximum absolute atomic E-state index is 6.80. The molecule has 0 radical (unpaired) electrons. The first-order valence-electron chi connectivity index (χ1n) is 14.6. The zero-order valence-corrected chi connectivity index (χ0v) is 23.1. The minimum atomic E-state index is -1.26. The molecule has 6 aliphatic heterocycles. The Bertz CT molecular complexity index is 2000. The fraction of sp³-hybridized carbons (Fsp3) is 0.0556. The van der Waals surface area contributed by atoms with Gasteiger partial charge in [0.15, 0.2) is 47.9 Å². The number of nitrogens with zero attached hydrogens (tertiary/aromatic N) is 4. The van der Waals surface area contributed by atoms with E-state index in [1.807, 2.05) is 72.8 Å². The first-order valence-corrected chi connectivity index (χ1v) is 14.6. The van der Waals surface area contributed by atoms with E-state index >= 15 is 0 Å². The number of hydrogen-bond donors (Lipinski definition) is 0. The standard InChI is InChI=1S/C36H22N4O4/c1-5-13-31-23(9-1)19-37-27-17-29-30(18-28(27)38-20-24-10-2-6-14-32(24)42-35(37,38)41-31)40-22-26-12-4-8-16-34(26)44-36(40)39(29)21-25-11-3-7-15-33(25)43-36/h1-22H/q+4. The van der Waals surface area contributed by atoms with Crippen LogP contribution in [0.2, 0.25) is 0 Å². The van der Waals surface area contributed by atoms with Crippen LogP contribution < -0.4 is 18.9 Å². The molecule has 0 aliphatic carbocycles. The monoisotopic (exact) mass is 574 g/mol. The van der Waals surface area contributed by atoms with Gasteiger partial charge < -0.3 is 18.9 Å². The predicted molar refractivity (Wildman–Crippen MR) is 161 cm³/mol. The highest BCUT2D eigenvalue weighted by Gasteiger charge is 2.77. The molecule has 0 N–H and O–H groups in total. The van der Waals surface area contributed by atoms with Gasteiger partial charge in [0.05, 0.1) is 34.4 Å². The Morgan fingerprint density at radius 3 is 0.864 bits per heavy atom. The summed E-state index contributed by atoms with van der Waals surface area (Å²) < 4.78 is 35.5. The number of para-hydroxylation sites is 4. The SMILES string of the molecule is C1=[N+]2c3cc4c(cc3[N+]3=Cc5ccccc5OC23Oc2ccccc21)[N+]1=Cc2ccccc2OC12Oc1ccccc1C=[N+]42. The number of benzene rings is 5. The van der Waals surface area contributed by atoms with Crippen molar-refractivity contribution in [3.8, 4) is 23.0 Å². The quantitative estimate of drug-likeness (QED) is 0.228. The molecule has 5 aromatic carbocycles. The van der Waals surface area contributed by atoms with Crippen LogP contribution in [0.1, 0.15) is 22.3 Å². The lowest BCUT2D eigenvalue weighted by molar-refractivity contribution is -0.834. The molecule has 2 spiro atoms. The third-order valence-corrected chi connectivity index (χ3v) is 9.05. The average molecular weight is 575 g/mol. The molecule has 8 nitrogen and oxygen atoms in total. The van der Waals surface area contributed by atoms with E-state index in [-0.39, 0.29) is 0 Å². The lowest BCUT2D eigenvalue weighted by Crippen LogP contribution is -2.59. The van der Waals surface area contributed by atoms with Crippen molar-refractivity contribution in [3.63, 3.8) is 0 Å². The molecule has 0 bridgehead atoms. The highest BCUT2D eigenvalue weighted by atomic mass is 16.8. The first-order chi connectivity index (χ1) is 21.7. The van der Waals surface area contributed by atoms with Gasteiger partial charge in [-0.25, -0.2) is 0 Å². The zero-order valence-electron chi connectivity index (χ0n) is 23.1. The van der Waals surface area contributed by atoms with Crippen LogP contribution in [0.15, 0.2) is 109 Å². The lowest BCUT2D eigenvalue weighted by Gasteiger charge is -2.26. The molecule has 5 aromatic rings. The van der Waals surface area contributed by atoms with Gasteiger partial charge in [0.1, 0.15) is 0 Å². The molecule has 0 atom stereocenters. The van der Waals surface area contributed by atoms with E-state index in [0.29, 0.717) is 0 Å². The van der Waals surface area contributed by atoms with Gasteiger partial charge in [-0.2, -0.15) is 0 Å². The highest BCUT2D eigenvalue weighted by molar-refractivity contribution is 5.89. The Kier molecular flexibility index (Phi) is 3.84. The van der Waals surface area contributed by atoms with Crippen molar-refractivity contribution in [2.45, 2.75) is 12.1 Å². The van der Waals surface area contributed by atoms with Crippen LogP contribution in [0.25, 0.3) is 0 Å². The summed E-state index contributed by atoms with van der Waals surface area (Å²) in [6, 6.07) is 33.9. The van der Waals surface area contributed by atoms with E-state index in [0.717, 1.165) is 68.0 Å². The number of rotatable bonds is 0. The second-order valence-corrected chi connectivity index (χ2v) is 11.5. The lowest BCUT2D eigenvalue weighted by atomic mass is 10.1. The van der Waals surface area contributed by atoms with E-state index in [1.165, 1.54) is 0 Å². The molecule has 6 heterocycles. The molecular formula is C36H22N4O4+4. The van der Waals surface area contributed by atoms with Crippen molar-refractivity contribution in [3.05, 3.63) is 131 Å². The summed E-state index contributed by atoms with van der Waals surface area (Å²) in [6.07, 6.45) is 8.42. The van der Waals surface area contributed by atoms with Crippen molar-refractivity contribution < 1.29 is 37.2 Å². The third-order valence-electron chi connectivity index (χ3n) is 9.05. The van der Waals surface area contributed by atoms with E-state index in [1.54, 1.807) is 0 Å². The molecule has 0 aromatic heterocycles. The van der Waals surface area contributed by atoms with E-state index in [4.69, 9.17) is 18.9 Å². The van der Waals surface area contributed by atoms with Crippen molar-refractivity contribution in [1.29, 1.82) is 0 Å². The number of ether oxygens (including phenoxy) is 4. The Labute approximate surface area is 251 Å². The molecule has 6 aliphatic rings. The molecular weight excluding hydrogens is 552 g/mol. The van der Waals surface area contributed by atoms with Crippen molar-refractivity contribution in [2.75, 3.05) is 0 Å². The van der Waals surface area contributed by atoms with Crippen LogP contribution >= 0.6 is 0 Å². The van der Waals surface area contributed by atoms with Gasteiger partial charge in [-0.1, -0.05) is 48.5 Å². The molecule has 206 valence electrons. The molecule has 0 fully saturated rings. The van der Waals surface area contributed by atoms with Crippen LogP contribution in [0.5, 0.6) is 23.0 Å². The van der Waals surface area contributed by atoms with Gasteiger partial charge in [-0.15, -0.1) is 0 Å². The first kappa shape index (κ1) is 22.6. The van der Waals surface area contributed by atoms with Crippen LogP contribution in [-0.2, 0) is 0 Å². The summed E-state index contributed by atoms with van der Waals surface area (Å²) in [4.78, 5) is 0. The molecule has 0 saturated heterocycles. The topological polar surface area (TPSA) is 49.0 Å². The molecule has 0 unspecified atom stereocenters. The molecule has 0 saturated carbocycles. The third kappa shape index (κ3) is 2.61. The summed E-state index contributed by atoms with van der Waals surface area (Å²) in [5.74, 6) is 3.02. The maximum atomic E-state index is 6.80. The second-order valence-electron chi connectivity index (χ2n) is 11.5. The van der Waals surface area contributed by atoms with Crippen molar-refractivity contribution in [1.82, 2.24) is 0 Å². The summed E-state index contributed by atoms with van der Waals surface area (Å²) in [5.41, 5.74) is 7.61. The van der Waals surface area contributed by atoms with Crippen LogP contribution in [0, 0.1) is 0 Å². The van der Waals surface area contributed by atoms with Crippen molar-refractivity contribution in [2.24, 2.45) is 0 Å². The Hall–Kier alpha value is -6.02. The average Bonchev–Trinajstić information content (AvgIpc) is 3.47. The molecule has 8 heteroatoms. The smallest absolute Gasteiger partial charge is 0.340 e. The molecule has 0 amide bonds. The number of fused-ring (bicyclic) bond motifs is 10. The highest BCUT2D eigenvalue weighted by Crippen LogP contribution is 2.56. The van der Waals surface area contributed by atoms with Crippen LogP contribution in [0.3, 0.4) is 0 Å². The van der Waals surface area contributed by atoms with Crippen molar-refractivity contribution >= 4 is 47.6 Å². The van der Waals surface area contributed by atoms with Gasteiger partial charge in [0.25, 0.3) is 22.7 Å². The van der Waals surface area contributed by atoms with Gasteiger partial charge in [0, 0.05) is 0 Å². The zero-order chi connectivity index (χ0) is 28.6. The molecule has 44 heavy (non-hydrogen) atoms. The second kappa shape index (κ2) is 7.48.